The van der Waals surface area contributed by atoms with Crippen molar-refractivity contribution >= 4 is 68.5 Å². The summed E-state index contributed by atoms with van der Waals surface area (Å²) in [5, 5.41) is 8.37. The molecule has 8 heteroatoms. The van der Waals surface area contributed by atoms with E-state index in [1.54, 1.807) is 29.5 Å². The van der Waals surface area contributed by atoms with Crippen molar-refractivity contribution in [3.8, 4) is 0 Å². The lowest BCUT2D eigenvalue weighted by atomic mass is 10.1. The average Bonchev–Trinajstić information content (AvgIpc) is 2.75. The molecule has 0 unspecified atom stereocenters. The second-order valence-electron chi connectivity index (χ2n) is 6.23. The molecule has 27 heavy (non-hydrogen) atoms. The number of benzene rings is 1. The number of esters is 1. The fourth-order valence-corrected chi connectivity index (χ4v) is 5.23. The number of carbonyl (C=O) groups is 1. The van der Waals surface area contributed by atoms with Gasteiger partial charge in [0, 0.05) is 20.6 Å². The van der Waals surface area contributed by atoms with Crippen LogP contribution in [0.15, 0.2) is 18.2 Å². The van der Waals surface area contributed by atoms with Crippen LogP contribution in [-0.4, -0.2) is 17.7 Å². The van der Waals surface area contributed by atoms with E-state index >= 15 is 0 Å². The van der Waals surface area contributed by atoms with Gasteiger partial charge in [-0.25, -0.2) is 4.79 Å². The minimum atomic E-state index is -0.298. The third kappa shape index (κ3) is 5.13. The summed E-state index contributed by atoms with van der Waals surface area (Å²) in [4.78, 5) is 13.8. The molecule has 144 valence electrons. The smallest absolute Gasteiger partial charge is 0.341 e. The number of carbonyl (C=O) groups excluding carboxylic acids is 1. The number of rotatable bonds is 4. The molecule has 0 saturated carbocycles. The highest BCUT2D eigenvalue weighted by molar-refractivity contribution is 7.80. The maximum Gasteiger partial charge on any atom is 0.341 e. The van der Waals surface area contributed by atoms with Crippen LogP contribution in [-0.2, 0) is 17.6 Å². The fourth-order valence-electron chi connectivity index (χ4n) is 3.14. The zero-order valence-corrected chi connectivity index (χ0v) is 18.0. The SMILES string of the molecule is CCOC(=O)c1c(NC(=S)Nc2cc(Cl)cc(Cl)c2)sc2c1CCCCC2. The molecular weight excluding hydrogens is 423 g/mol. The summed E-state index contributed by atoms with van der Waals surface area (Å²) in [6.07, 6.45) is 5.28. The van der Waals surface area contributed by atoms with Gasteiger partial charge in [0.2, 0.25) is 0 Å². The number of thiocarbonyl (C=S) groups is 1. The quantitative estimate of drug-likeness (QED) is 0.330. The molecular formula is C19H20Cl2N2O2S2. The van der Waals surface area contributed by atoms with E-state index in [0.717, 1.165) is 36.2 Å². The number of ether oxygens (including phenoxy) is 1. The van der Waals surface area contributed by atoms with E-state index in [1.807, 2.05) is 6.92 Å². The summed E-state index contributed by atoms with van der Waals surface area (Å²) < 4.78 is 5.29. The lowest BCUT2D eigenvalue weighted by Crippen LogP contribution is -2.20. The summed E-state index contributed by atoms with van der Waals surface area (Å²) >= 11 is 19.1. The van der Waals surface area contributed by atoms with Crippen molar-refractivity contribution in [2.75, 3.05) is 17.2 Å². The molecule has 0 radical (unpaired) electrons. The Morgan fingerprint density at radius 2 is 1.85 bits per heavy atom. The Morgan fingerprint density at radius 3 is 2.56 bits per heavy atom. The van der Waals surface area contributed by atoms with Crippen LogP contribution >= 0.6 is 46.8 Å². The van der Waals surface area contributed by atoms with Gasteiger partial charge in [-0.1, -0.05) is 29.6 Å². The minimum Gasteiger partial charge on any atom is -0.462 e. The molecule has 1 aliphatic rings. The van der Waals surface area contributed by atoms with E-state index in [0.29, 0.717) is 33.0 Å². The summed E-state index contributed by atoms with van der Waals surface area (Å²) in [6, 6.07) is 5.12. The number of hydrogen-bond acceptors (Lipinski definition) is 4. The van der Waals surface area contributed by atoms with Crippen LogP contribution in [0.25, 0.3) is 0 Å². The van der Waals surface area contributed by atoms with Gasteiger partial charge in [-0.15, -0.1) is 11.3 Å². The Labute approximate surface area is 178 Å². The van der Waals surface area contributed by atoms with E-state index in [-0.39, 0.29) is 5.97 Å². The molecule has 0 aliphatic heterocycles. The highest BCUT2D eigenvalue weighted by Gasteiger charge is 2.26. The molecule has 0 amide bonds. The van der Waals surface area contributed by atoms with Crippen LogP contribution in [0.5, 0.6) is 0 Å². The molecule has 0 saturated heterocycles. The lowest BCUT2D eigenvalue weighted by molar-refractivity contribution is 0.0527. The van der Waals surface area contributed by atoms with Gasteiger partial charge in [0.1, 0.15) is 5.00 Å². The Morgan fingerprint density at radius 1 is 1.15 bits per heavy atom. The number of thiophene rings is 1. The molecule has 1 aromatic heterocycles. The van der Waals surface area contributed by atoms with Gasteiger partial charge in [-0.05, 0) is 68.6 Å². The topological polar surface area (TPSA) is 50.4 Å². The van der Waals surface area contributed by atoms with Gasteiger partial charge < -0.3 is 15.4 Å². The van der Waals surface area contributed by atoms with Crippen molar-refractivity contribution < 1.29 is 9.53 Å². The van der Waals surface area contributed by atoms with Gasteiger partial charge in [0.05, 0.1) is 12.2 Å². The number of hydrogen-bond donors (Lipinski definition) is 2. The molecule has 1 heterocycles. The van der Waals surface area contributed by atoms with E-state index in [2.05, 4.69) is 10.6 Å². The maximum atomic E-state index is 12.6. The number of aryl methyl sites for hydroxylation is 1. The highest BCUT2D eigenvalue weighted by atomic mass is 35.5. The van der Waals surface area contributed by atoms with Crippen molar-refractivity contribution in [3.05, 3.63) is 44.2 Å². The molecule has 0 bridgehead atoms. The maximum absolute atomic E-state index is 12.6. The van der Waals surface area contributed by atoms with E-state index in [1.165, 1.54) is 11.3 Å². The largest absolute Gasteiger partial charge is 0.462 e. The molecule has 1 aromatic carbocycles. The summed E-state index contributed by atoms with van der Waals surface area (Å²) in [5.74, 6) is -0.298. The zero-order valence-electron chi connectivity index (χ0n) is 14.9. The molecule has 2 aromatic rings. The first-order valence-corrected chi connectivity index (χ1v) is 10.8. The highest BCUT2D eigenvalue weighted by Crippen LogP contribution is 2.38. The van der Waals surface area contributed by atoms with Gasteiger partial charge >= 0.3 is 5.97 Å². The molecule has 3 rings (SSSR count). The number of fused-ring (bicyclic) bond motifs is 1. The van der Waals surface area contributed by atoms with Crippen molar-refractivity contribution in [2.45, 2.75) is 39.0 Å². The van der Waals surface area contributed by atoms with Crippen molar-refractivity contribution in [1.29, 1.82) is 0 Å². The first-order chi connectivity index (χ1) is 13.0. The predicted octanol–water partition coefficient (Wildman–Crippen LogP) is 6.31. The third-order valence-electron chi connectivity index (χ3n) is 4.25. The molecule has 0 atom stereocenters. The Kier molecular flexibility index (Phi) is 6.98. The van der Waals surface area contributed by atoms with Crippen molar-refractivity contribution in [2.24, 2.45) is 0 Å². The van der Waals surface area contributed by atoms with Crippen LogP contribution < -0.4 is 10.6 Å². The number of anilines is 2. The summed E-state index contributed by atoms with van der Waals surface area (Å²) in [7, 11) is 0. The average molecular weight is 443 g/mol. The summed E-state index contributed by atoms with van der Waals surface area (Å²) in [5.41, 5.74) is 2.40. The monoisotopic (exact) mass is 442 g/mol. The van der Waals surface area contributed by atoms with Gasteiger partial charge in [0.25, 0.3) is 0 Å². The number of halogens is 2. The molecule has 0 fully saturated rings. The predicted molar refractivity (Wildman–Crippen MR) is 118 cm³/mol. The Hall–Kier alpha value is -1.34. The molecule has 4 nitrogen and oxygen atoms in total. The van der Waals surface area contributed by atoms with E-state index < -0.39 is 0 Å². The molecule has 1 aliphatic carbocycles. The first kappa shape index (κ1) is 20.4. The van der Waals surface area contributed by atoms with E-state index in [9.17, 15) is 4.79 Å². The third-order valence-corrected chi connectivity index (χ3v) is 6.10. The van der Waals surface area contributed by atoms with Crippen LogP contribution in [0.3, 0.4) is 0 Å². The van der Waals surface area contributed by atoms with Crippen LogP contribution in [0, 0.1) is 0 Å². The van der Waals surface area contributed by atoms with Gasteiger partial charge in [-0.3, -0.25) is 0 Å². The number of nitrogens with one attached hydrogen (secondary N) is 2. The normalized spacial score (nSPS) is 13.4. The van der Waals surface area contributed by atoms with Crippen LogP contribution in [0.4, 0.5) is 10.7 Å². The fraction of sp³-hybridized carbons (Fsp3) is 0.368. The Balaban J connectivity index is 1.84. The van der Waals surface area contributed by atoms with Gasteiger partial charge in [0.15, 0.2) is 5.11 Å². The first-order valence-electron chi connectivity index (χ1n) is 8.83. The Bertz CT molecular complexity index is 847. The summed E-state index contributed by atoms with van der Waals surface area (Å²) in [6.45, 7) is 2.15. The molecule has 0 spiro atoms. The second kappa shape index (κ2) is 9.24. The lowest BCUT2D eigenvalue weighted by Gasteiger charge is -2.12. The standard InChI is InChI=1S/C19H20Cl2N2O2S2/c1-2-25-18(24)16-14-6-4-3-5-7-15(14)27-17(16)23-19(26)22-13-9-11(20)8-12(21)10-13/h8-10H,2-7H2,1H3,(H2,22,23,26). The van der Waals surface area contributed by atoms with E-state index in [4.69, 9.17) is 40.2 Å². The van der Waals surface area contributed by atoms with Crippen LogP contribution in [0.2, 0.25) is 10.0 Å². The van der Waals surface area contributed by atoms with Crippen LogP contribution in [0.1, 0.15) is 47.0 Å². The molecule has 2 N–H and O–H groups in total. The van der Waals surface area contributed by atoms with Crippen molar-refractivity contribution in [3.63, 3.8) is 0 Å². The zero-order chi connectivity index (χ0) is 19.4. The minimum absolute atomic E-state index is 0.298. The van der Waals surface area contributed by atoms with Gasteiger partial charge in [-0.2, -0.15) is 0 Å². The van der Waals surface area contributed by atoms with Crippen molar-refractivity contribution in [1.82, 2.24) is 0 Å². The second-order valence-corrected chi connectivity index (χ2v) is 8.61.